The first kappa shape index (κ1) is 39.1. The van der Waals surface area contributed by atoms with Crippen molar-refractivity contribution in [3.63, 3.8) is 0 Å². The van der Waals surface area contributed by atoms with E-state index in [9.17, 15) is 0 Å². The summed E-state index contributed by atoms with van der Waals surface area (Å²) < 4.78 is 16.0. The van der Waals surface area contributed by atoms with E-state index >= 15 is 0 Å². The smallest absolute Gasteiger partial charge is 0.164 e. The van der Waals surface area contributed by atoms with Crippen LogP contribution >= 0.6 is 0 Å². The predicted molar refractivity (Wildman–Crippen MR) is 281 cm³/mol. The number of rotatable bonds is 7. The molecule has 324 valence electrons. The van der Waals surface area contributed by atoms with Crippen molar-refractivity contribution in [2.75, 3.05) is 0 Å². The molecule has 13 aromatic rings. The molecule has 1 aliphatic rings. The molecule has 1 aliphatic carbocycles. The Morgan fingerprint density at radius 3 is 1.71 bits per heavy atom. The monoisotopic (exact) mass is 884 g/mol. The van der Waals surface area contributed by atoms with E-state index in [1.165, 1.54) is 33.3 Å². The fourth-order valence-corrected chi connectivity index (χ4v) is 10.5. The Morgan fingerprint density at radius 2 is 0.942 bits per heavy atom. The number of allylic oxidation sites excluding steroid dienone is 1. The van der Waals surface area contributed by atoms with E-state index in [2.05, 4.69) is 174 Å². The van der Waals surface area contributed by atoms with Crippen molar-refractivity contribution in [3.05, 3.63) is 224 Å². The van der Waals surface area contributed by atoms with Gasteiger partial charge in [0.25, 0.3) is 0 Å². The van der Waals surface area contributed by atoms with Gasteiger partial charge >= 0.3 is 0 Å². The molecule has 9 aromatic carbocycles. The Kier molecular flexibility index (Phi) is 8.92. The van der Waals surface area contributed by atoms with Gasteiger partial charge in [-0.25, -0.2) is 15.0 Å². The summed E-state index contributed by atoms with van der Waals surface area (Å²) in [6.07, 6.45) is 6.57. The molecule has 6 nitrogen and oxygen atoms in total. The quantitative estimate of drug-likeness (QED) is 0.159. The second-order valence-electron chi connectivity index (χ2n) is 17.8. The summed E-state index contributed by atoms with van der Waals surface area (Å²) in [5.74, 6) is 1.74. The molecule has 0 spiro atoms. The maximum absolute atomic E-state index is 6.86. The maximum atomic E-state index is 6.86. The zero-order valence-electron chi connectivity index (χ0n) is 37.3. The van der Waals surface area contributed by atoms with E-state index in [1.54, 1.807) is 0 Å². The van der Waals surface area contributed by atoms with Crippen molar-refractivity contribution in [2.45, 2.75) is 12.8 Å². The highest BCUT2D eigenvalue weighted by Gasteiger charge is 2.24. The minimum absolute atomic E-state index is 0.553. The van der Waals surface area contributed by atoms with Gasteiger partial charge in [-0.1, -0.05) is 164 Å². The molecule has 0 atom stereocenters. The van der Waals surface area contributed by atoms with Crippen LogP contribution in [0.5, 0.6) is 0 Å². The molecule has 0 amide bonds. The number of fused-ring (bicyclic) bond motifs is 9. The summed E-state index contributed by atoms with van der Waals surface area (Å²) in [5.41, 5.74) is 17.5. The van der Waals surface area contributed by atoms with Crippen LogP contribution in [0.2, 0.25) is 0 Å². The SMILES string of the molecule is C1=Cc2c(n(-c3cccc4oc5cc(-c6cc(-c7nc(-c8ccccc8)nc(-c8ccc(-c9ccccc9)cc8)n7)cc7oc8ccccc8c67)ccc5c34)c3ccc(-c4ccccc4)cc23)CC1. The van der Waals surface area contributed by atoms with Gasteiger partial charge in [-0.3, -0.25) is 0 Å². The molecular weight excluding hydrogens is 845 g/mol. The summed E-state index contributed by atoms with van der Waals surface area (Å²) >= 11 is 0. The molecular formula is C63H40N4O2. The van der Waals surface area contributed by atoms with E-state index in [0.29, 0.717) is 17.5 Å². The third kappa shape index (κ3) is 6.52. The average Bonchev–Trinajstić information content (AvgIpc) is 4.10. The third-order valence-corrected chi connectivity index (χ3v) is 13.7. The fourth-order valence-electron chi connectivity index (χ4n) is 10.5. The molecule has 0 saturated heterocycles. The Bertz CT molecular complexity index is 4170. The average molecular weight is 885 g/mol. The summed E-state index contributed by atoms with van der Waals surface area (Å²) in [7, 11) is 0. The Hall–Kier alpha value is -9.13. The van der Waals surface area contributed by atoms with E-state index in [0.717, 1.165) is 101 Å². The van der Waals surface area contributed by atoms with Crippen molar-refractivity contribution >= 4 is 60.9 Å². The highest BCUT2D eigenvalue weighted by Crippen LogP contribution is 2.44. The fraction of sp³-hybridized carbons (Fsp3) is 0.0317. The first-order valence-corrected chi connectivity index (χ1v) is 23.5. The van der Waals surface area contributed by atoms with E-state index in [4.69, 9.17) is 23.8 Å². The topological polar surface area (TPSA) is 69.9 Å². The Morgan fingerprint density at radius 1 is 0.377 bits per heavy atom. The second-order valence-corrected chi connectivity index (χ2v) is 17.8. The first-order valence-electron chi connectivity index (χ1n) is 23.5. The van der Waals surface area contributed by atoms with E-state index < -0.39 is 0 Å². The van der Waals surface area contributed by atoms with Crippen molar-refractivity contribution in [3.8, 4) is 73.2 Å². The Labute approximate surface area is 397 Å². The molecule has 6 heteroatoms. The van der Waals surface area contributed by atoms with E-state index in [1.807, 2.05) is 48.5 Å². The predicted octanol–water partition coefficient (Wildman–Crippen LogP) is 16.6. The molecule has 4 aromatic heterocycles. The molecule has 0 saturated carbocycles. The van der Waals surface area contributed by atoms with Crippen molar-refractivity contribution in [1.29, 1.82) is 0 Å². The van der Waals surface area contributed by atoms with Crippen molar-refractivity contribution in [1.82, 2.24) is 19.5 Å². The number of aromatic nitrogens is 4. The van der Waals surface area contributed by atoms with Gasteiger partial charge in [0.15, 0.2) is 17.5 Å². The number of nitrogens with zero attached hydrogens (tertiary/aromatic N) is 4. The summed E-state index contributed by atoms with van der Waals surface area (Å²) in [6.45, 7) is 0. The molecule has 4 heterocycles. The third-order valence-electron chi connectivity index (χ3n) is 13.7. The van der Waals surface area contributed by atoms with Crippen LogP contribution in [0.1, 0.15) is 17.7 Å². The second kappa shape index (κ2) is 15.8. The minimum atomic E-state index is 0.553. The number of hydrogen-bond donors (Lipinski definition) is 0. The van der Waals surface area contributed by atoms with Crippen LogP contribution in [0, 0.1) is 0 Å². The van der Waals surface area contributed by atoms with Gasteiger partial charge in [0.1, 0.15) is 22.3 Å². The van der Waals surface area contributed by atoms with Crippen LogP contribution in [0.25, 0.3) is 134 Å². The molecule has 69 heavy (non-hydrogen) atoms. The van der Waals surface area contributed by atoms with Crippen LogP contribution in [0.15, 0.2) is 221 Å². The summed E-state index contributed by atoms with van der Waals surface area (Å²) in [4.78, 5) is 15.4. The van der Waals surface area contributed by atoms with Crippen LogP contribution in [-0.4, -0.2) is 19.5 Å². The lowest BCUT2D eigenvalue weighted by Gasteiger charge is -2.14. The molecule has 0 aliphatic heterocycles. The van der Waals surface area contributed by atoms with E-state index in [-0.39, 0.29) is 0 Å². The van der Waals surface area contributed by atoms with Gasteiger partial charge in [0.05, 0.1) is 16.6 Å². The van der Waals surface area contributed by atoms with Crippen molar-refractivity contribution < 1.29 is 8.83 Å². The number of hydrogen-bond acceptors (Lipinski definition) is 5. The molecule has 0 unspecified atom stereocenters. The normalized spacial score (nSPS) is 12.5. The highest BCUT2D eigenvalue weighted by molar-refractivity contribution is 6.16. The van der Waals surface area contributed by atoms with Gasteiger partial charge < -0.3 is 13.4 Å². The number of para-hydroxylation sites is 1. The largest absolute Gasteiger partial charge is 0.456 e. The summed E-state index contributed by atoms with van der Waals surface area (Å²) in [5, 5.41) is 5.47. The lowest BCUT2D eigenvalue weighted by molar-refractivity contribution is 0.668. The number of benzene rings is 9. The Balaban J connectivity index is 0.935. The standard InChI is InChI=1S/C63H40N4O2/c1-4-15-39(16-5-1)41-27-29-43(30-28-41)62-64-61(42-19-8-3-9-20-42)65-63(66-62)46-36-50(59-48-22-11-13-25-55(48)68-58(59)38-46)45-31-33-49-57(37-45)69-56-26-14-24-54(60(49)56)67-52-23-12-10-21-47(52)51-35-44(32-34-53(51)67)40-17-6-2-7-18-40/h1-11,13-22,24-38H,12,23H2. The molecule has 0 N–H and O–H groups in total. The molecule has 0 radical (unpaired) electrons. The van der Waals surface area contributed by atoms with Gasteiger partial charge in [-0.15, -0.1) is 0 Å². The van der Waals surface area contributed by atoms with Gasteiger partial charge in [-0.05, 0) is 101 Å². The molecule has 0 fully saturated rings. The maximum Gasteiger partial charge on any atom is 0.164 e. The van der Waals surface area contributed by atoms with Crippen molar-refractivity contribution in [2.24, 2.45) is 0 Å². The first-order chi connectivity index (χ1) is 34.2. The molecule has 0 bridgehead atoms. The summed E-state index contributed by atoms with van der Waals surface area (Å²) in [6, 6.07) is 72.0. The lowest BCUT2D eigenvalue weighted by atomic mass is 9.95. The zero-order valence-corrected chi connectivity index (χ0v) is 37.3. The van der Waals surface area contributed by atoms with Crippen LogP contribution in [0.3, 0.4) is 0 Å². The number of furan rings is 2. The van der Waals surface area contributed by atoms with Gasteiger partial charge in [0, 0.05) is 49.5 Å². The zero-order chi connectivity index (χ0) is 45.4. The van der Waals surface area contributed by atoms with Crippen LogP contribution < -0.4 is 0 Å². The van der Waals surface area contributed by atoms with Crippen LogP contribution in [-0.2, 0) is 6.42 Å². The minimum Gasteiger partial charge on any atom is -0.456 e. The highest BCUT2D eigenvalue weighted by atomic mass is 16.3. The molecule has 14 rings (SSSR count). The lowest BCUT2D eigenvalue weighted by Crippen LogP contribution is -2.03. The van der Waals surface area contributed by atoms with Gasteiger partial charge in [0.2, 0.25) is 0 Å². The van der Waals surface area contributed by atoms with Gasteiger partial charge in [-0.2, -0.15) is 0 Å². The van der Waals surface area contributed by atoms with Crippen LogP contribution in [0.4, 0.5) is 0 Å².